The zero-order valence-electron chi connectivity index (χ0n) is 11.9. The highest BCUT2D eigenvalue weighted by molar-refractivity contribution is 5.90. The molecule has 1 aromatic carbocycles. The van der Waals surface area contributed by atoms with Gasteiger partial charge in [0.1, 0.15) is 0 Å². The van der Waals surface area contributed by atoms with Crippen molar-refractivity contribution in [2.45, 2.75) is 19.8 Å². The lowest BCUT2D eigenvalue weighted by Crippen LogP contribution is -2.05. The van der Waals surface area contributed by atoms with Crippen molar-refractivity contribution >= 4 is 5.97 Å². The summed E-state index contributed by atoms with van der Waals surface area (Å²) in [6.45, 7) is 1.97. The molecule has 0 aliphatic carbocycles. The fourth-order valence-corrected chi connectivity index (χ4v) is 1.87. The van der Waals surface area contributed by atoms with E-state index in [1.54, 1.807) is 26.4 Å². The van der Waals surface area contributed by atoms with Crippen LogP contribution in [0, 0.1) is 0 Å². The van der Waals surface area contributed by atoms with Gasteiger partial charge in [-0.1, -0.05) is 12.2 Å². The zero-order chi connectivity index (χ0) is 14.3. The van der Waals surface area contributed by atoms with Crippen molar-refractivity contribution in [2.24, 2.45) is 0 Å². The third-order valence-electron chi connectivity index (χ3n) is 2.79. The molecule has 0 fully saturated rings. The van der Waals surface area contributed by atoms with Crippen LogP contribution in [-0.2, 0) is 11.2 Å². The van der Waals surface area contributed by atoms with Crippen molar-refractivity contribution in [3.8, 4) is 11.5 Å². The second-order valence-corrected chi connectivity index (χ2v) is 3.97. The maximum absolute atomic E-state index is 11.6. The molecule has 1 rings (SSSR count). The van der Waals surface area contributed by atoms with E-state index in [-0.39, 0.29) is 5.97 Å². The maximum atomic E-state index is 11.6. The Labute approximate surface area is 114 Å². The van der Waals surface area contributed by atoms with Gasteiger partial charge in [0.2, 0.25) is 0 Å². The molecule has 0 saturated carbocycles. The molecule has 0 atom stereocenters. The fourth-order valence-electron chi connectivity index (χ4n) is 1.87. The highest BCUT2D eigenvalue weighted by atomic mass is 16.5. The zero-order valence-corrected chi connectivity index (χ0v) is 11.9. The van der Waals surface area contributed by atoms with E-state index >= 15 is 0 Å². The van der Waals surface area contributed by atoms with Gasteiger partial charge in [-0.2, -0.15) is 0 Å². The molecule has 0 aromatic heterocycles. The molecule has 0 aliphatic heterocycles. The predicted molar refractivity (Wildman–Crippen MR) is 74.0 cm³/mol. The second kappa shape index (κ2) is 7.46. The molecule has 0 radical (unpaired) electrons. The Bertz CT molecular complexity index is 463. The number of carbonyl (C=O) groups is 1. The number of benzene rings is 1. The van der Waals surface area contributed by atoms with Gasteiger partial charge in [-0.05, 0) is 37.5 Å². The van der Waals surface area contributed by atoms with Crippen LogP contribution < -0.4 is 9.47 Å². The first-order valence-corrected chi connectivity index (χ1v) is 6.12. The number of aryl methyl sites for hydroxylation is 1. The van der Waals surface area contributed by atoms with E-state index in [4.69, 9.17) is 14.2 Å². The molecule has 0 spiro atoms. The lowest BCUT2D eigenvalue weighted by Gasteiger charge is -2.14. The first-order chi connectivity index (χ1) is 9.17. The van der Waals surface area contributed by atoms with Gasteiger partial charge in [0.15, 0.2) is 11.5 Å². The Kier molecular flexibility index (Phi) is 5.93. The highest BCUT2D eigenvalue weighted by Gasteiger charge is 2.16. The maximum Gasteiger partial charge on any atom is 0.337 e. The summed E-state index contributed by atoms with van der Waals surface area (Å²) in [6.07, 6.45) is 5.71. The first-order valence-electron chi connectivity index (χ1n) is 6.12. The van der Waals surface area contributed by atoms with E-state index in [0.29, 0.717) is 17.1 Å². The van der Waals surface area contributed by atoms with Gasteiger partial charge in [-0.25, -0.2) is 4.79 Å². The summed E-state index contributed by atoms with van der Waals surface area (Å²) in [5.41, 5.74) is 1.40. The number of carbonyl (C=O) groups excluding carboxylic acids is 1. The number of hydrogen-bond acceptors (Lipinski definition) is 4. The Balaban J connectivity index is 3.19. The van der Waals surface area contributed by atoms with Crippen molar-refractivity contribution in [3.05, 3.63) is 35.4 Å². The molecule has 0 unspecified atom stereocenters. The standard InChI is InChI=1S/C15H20O4/c1-5-6-7-8-11-9-12(15(16)19-4)10-13(17-2)14(11)18-3/h5-6,9-10H,7-8H2,1-4H3. The van der Waals surface area contributed by atoms with Crippen LogP contribution in [0.1, 0.15) is 29.3 Å². The number of esters is 1. The quantitative estimate of drug-likeness (QED) is 0.585. The number of ether oxygens (including phenoxy) is 3. The van der Waals surface area contributed by atoms with E-state index in [9.17, 15) is 4.79 Å². The molecule has 19 heavy (non-hydrogen) atoms. The SMILES string of the molecule is CC=CCCc1cc(C(=O)OC)cc(OC)c1OC. The monoisotopic (exact) mass is 264 g/mol. The fraction of sp³-hybridized carbons (Fsp3) is 0.400. The molecule has 0 saturated heterocycles. The van der Waals surface area contributed by atoms with E-state index in [1.807, 2.05) is 13.0 Å². The summed E-state index contributed by atoms with van der Waals surface area (Å²) in [4.78, 5) is 11.6. The molecule has 0 amide bonds. The van der Waals surface area contributed by atoms with E-state index in [1.165, 1.54) is 7.11 Å². The van der Waals surface area contributed by atoms with Crippen molar-refractivity contribution in [1.82, 2.24) is 0 Å². The minimum absolute atomic E-state index is 0.381. The van der Waals surface area contributed by atoms with Gasteiger partial charge in [0, 0.05) is 0 Å². The second-order valence-electron chi connectivity index (χ2n) is 3.97. The van der Waals surface area contributed by atoms with Crippen molar-refractivity contribution < 1.29 is 19.0 Å². The molecule has 0 heterocycles. The van der Waals surface area contributed by atoms with Crippen LogP contribution in [0.15, 0.2) is 24.3 Å². The third kappa shape index (κ3) is 3.74. The number of methoxy groups -OCH3 is 3. The minimum atomic E-state index is -0.381. The number of rotatable bonds is 6. The van der Waals surface area contributed by atoms with Crippen LogP contribution in [0.4, 0.5) is 0 Å². The molecular formula is C15H20O4. The molecule has 0 aliphatic rings. The molecule has 4 heteroatoms. The Morgan fingerprint density at radius 2 is 1.95 bits per heavy atom. The van der Waals surface area contributed by atoms with Gasteiger partial charge in [0.05, 0.1) is 26.9 Å². The summed E-state index contributed by atoms with van der Waals surface area (Å²) >= 11 is 0. The summed E-state index contributed by atoms with van der Waals surface area (Å²) in [5.74, 6) is 0.828. The molecule has 1 aromatic rings. The van der Waals surface area contributed by atoms with Gasteiger partial charge in [0.25, 0.3) is 0 Å². The highest BCUT2D eigenvalue weighted by Crippen LogP contribution is 2.33. The molecule has 0 bridgehead atoms. The Hall–Kier alpha value is -1.97. The van der Waals surface area contributed by atoms with Crippen LogP contribution in [0.2, 0.25) is 0 Å². The van der Waals surface area contributed by atoms with Gasteiger partial charge in [-0.15, -0.1) is 0 Å². The third-order valence-corrected chi connectivity index (χ3v) is 2.79. The minimum Gasteiger partial charge on any atom is -0.493 e. The average Bonchev–Trinajstić information content (AvgIpc) is 2.45. The molecule has 4 nitrogen and oxygen atoms in total. The molecule has 104 valence electrons. The normalized spacial score (nSPS) is 10.5. The number of allylic oxidation sites excluding steroid dienone is 2. The summed E-state index contributed by atoms with van der Waals surface area (Å²) < 4.78 is 15.4. The van der Waals surface area contributed by atoms with Gasteiger partial charge >= 0.3 is 5.97 Å². The van der Waals surface area contributed by atoms with Crippen LogP contribution in [0.25, 0.3) is 0 Å². The van der Waals surface area contributed by atoms with E-state index < -0.39 is 0 Å². The van der Waals surface area contributed by atoms with Crippen LogP contribution >= 0.6 is 0 Å². The molecule has 0 N–H and O–H groups in total. The van der Waals surface area contributed by atoms with Crippen molar-refractivity contribution in [1.29, 1.82) is 0 Å². The molecular weight excluding hydrogens is 244 g/mol. The lowest BCUT2D eigenvalue weighted by atomic mass is 10.0. The largest absolute Gasteiger partial charge is 0.493 e. The summed E-state index contributed by atoms with van der Waals surface area (Å²) in [6, 6.07) is 3.42. The average molecular weight is 264 g/mol. The van der Waals surface area contributed by atoms with Crippen LogP contribution in [-0.4, -0.2) is 27.3 Å². The van der Waals surface area contributed by atoms with Gasteiger partial charge in [-0.3, -0.25) is 0 Å². The predicted octanol–water partition coefficient (Wildman–Crippen LogP) is 3.00. The van der Waals surface area contributed by atoms with Crippen LogP contribution in [0.3, 0.4) is 0 Å². The van der Waals surface area contributed by atoms with Gasteiger partial charge < -0.3 is 14.2 Å². The smallest absolute Gasteiger partial charge is 0.337 e. The van der Waals surface area contributed by atoms with E-state index in [2.05, 4.69) is 6.08 Å². The first kappa shape index (κ1) is 15.1. The topological polar surface area (TPSA) is 44.8 Å². The van der Waals surface area contributed by atoms with Crippen molar-refractivity contribution in [2.75, 3.05) is 21.3 Å². The Morgan fingerprint density at radius 1 is 1.21 bits per heavy atom. The van der Waals surface area contributed by atoms with E-state index in [0.717, 1.165) is 18.4 Å². The Morgan fingerprint density at radius 3 is 2.47 bits per heavy atom. The lowest BCUT2D eigenvalue weighted by molar-refractivity contribution is 0.0600. The summed E-state index contributed by atoms with van der Waals surface area (Å²) in [7, 11) is 4.50. The van der Waals surface area contributed by atoms with Crippen LogP contribution in [0.5, 0.6) is 11.5 Å². The van der Waals surface area contributed by atoms with Crippen molar-refractivity contribution in [3.63, 3.8) is 0 Å². The number of hydrogen-bond donors (Lipinski definition) is 0. The summed E-state index contributed by atoms with van der Waals surface area (Å²) in [5, 5.41) is 0.